The van der Waals surface area contributed by atoms with E-state index in [1.807, 2.05) is 0 Å². The summed E-state index contributed by atoms with van der Waals surface area (Å²) in [5.41, 5.74) is 0.355. The van der Waals surface area contributed by atoms with Gasteiger partial charge in [-0.25, -0.2) is 4.21 Å². The van der Waals surface area contributed by atoms with Gasteiger partial charge in [0.1, 0.15) is 0 Å². The van der Waals surface area contributed by atoms with Crippen LogP contribution in [0.1, 0.15) is 5.56 Å². The Labute approximate surface area is 90.7 Å². The molecule has 0 amide bonds. The number of nitro groups is 1. The molecule has 1 rings (SSSR count). The first-order valence-corrected chi connectivity index (χ1v) is 5.58. The first-order valence-electron chi connectivity index (χ1n) is 3.51. The number of benzene rings is 1. The Balaban J connectivity index is 3.06. The highest BCUT2D eigenvalue weighted by Crippen LogP contribution is 2.25. The number of hydrogen-bond acceptors (Lipinski definition) is 3. The molecule has 0 heterocycles. The number of halogens is 1. The van der Waals surface area contributed by atoms with E-state index in [9.17, 15) is 14.3 Å². The largest absolute Gasteiger partial charge is 0.306 e. The van der Waals surface area contributed by atoms with Gasteiger partial charge in [-0.1, -0.05) is 6.07 Å². The summed E-state index contributed by atoms with van der Waals surface area (Å²) in [6.07, 6.45) is 0. The van der Waals surface area contributed by atoms with Gasteiger partial charge < -0.3 is 4.55 Å². The third-order valence-corrected chi connectivity index (χ3v) is 2.75. The zero-order valence-electron chi connectivity index (χ0n) is 6.84. The van der Waals surface area contributed by atoms with Crippen molar-refractivity contribution in [3.8, 4) is 0 Å². The Kier molecular flexibility index (Phi) is 3.73. The van der Waals surface area contributed by atoms with Crippen molar-refractivity contribution in [2.45, 2.75) is 5.75 Å². The van der Waals surface area contributed by atoms with Crippen LogP contribution >= 0.6 is 15.9 Å². The van der Waals surface area contributed by atoms with Crippen molar-refractivity contribution in [3.05, 3.63) is 38.3 Å². The molecule has 0 aromatic heterocycles. The standard InChI is InChI=1S/C7H6BrNO4S/c8-6-2-1-5(4-14(12)13)3-7(6)9(10)11/h1-3H,4H2,(H,12,13). The van der Waals surface area contributed by atoms with Gasteiger partial charge >= 0.3 is 0 Å². The van der Waals surface area contributed by atoms with E-state index < -0.39 is 16.0 Å². The van der Waals surface area contributed by atoms with E-state index in [-0.39, 0.29) is 11.4 Å². The molecule has 1 unspecified atom stereocenters. The molecule has 0 aliphatic heterocycles. The average Bonchev–Trinajstić information content (AvgIpc) is 2.07. The molecule has 1 N–H and O–H groups in total. The van der Waals surface area contributed by atoms with Crippen molar-refractivity contribution in [2.24, 2.45) is 0 Å². The second kappa shape index (κ2) is 4.63. The lowest BCUT2D eigenvalue weighted by molar-refractivity contribution is -0.385. The summed E-state index contributed by atoms with van der Waals surface area (Å²) >= 11 is 1.03. The first kappa shape index (κ1) is 11.3. The summed E-state index contributed by atoms with van der Waals surface area (Å²) < 4.78 is 19.4. The Morgan fingerprint density at radius 3 is 2.71 bits per heavy atom. The van der Waals surface area contributed by atoms with Crippen LogP contribution in [-0.4, -0.2) is 13.7 Å². The van der Waals surface area contributed by atoms with Crippen molar-refractivity contribution in [1.82, 2.24) is 0 Å². The molecule has 0 bridgehead atoms. The Bertz CT molecular complexity index is 395. The topological polar surface area (TPSA) is 80.4 Å². The van der Waals surface area contributed by atoms with Gasteiger partial charge in [0.05, 0.1) is 15.1 Å². The maximum Gasteiger partial charge on any atom is 0.283 e. The third-order valence-electron chi connectivity index (χ3n) is 1.50. The van der Waals surface area contributed by atoms with Crippen molar-refractivity contribution in [3.63, 3.8) is 0 Å². The van der Waals surface area contributed by atoms with Crippen LogP contribution in [-0.2, 0) is 16.8 Å². The van der Waals surface area contributed by atoms with Gasteiger partial charge in [-0.2, -0.15) is 0 Å². The molecule has 7 heteroatoms. The first-order chi connectivity index (χ1) is 6.50. The molecule has 14 heavy (non-hydrogen) atoms. The summed E-state index contributed by atoms with van der Waals surface area (Å²) in [7, 11) is 0. The van der Waals surface area contributed by atoms with Gasteiger partial charge in [-0.05, 0) is 27.6 Å². The Hall–Kier alpha value is -0.790. The number of hydrogen-bond donors (Lipinski definition) is 1. The Morgan fingerprint density at radius 2 is 2.21 bits per heavy atom. The van der Waals surface area contributed by atoms with Crippen LogP contribution in [0.15, 0.2) is 22.7 Å². The molecule has 0 aliphatic rings. The van der Waals surface area contributed by atoms with Gasteiger partial charge in [0.25, 0.3) is 5.69 Å². The van der Waals surface area contributed by atoms with Crippen LogP contribution in [0.4, 0.5) is 5.69 Å². The number of nitrogens with zero attached hydrogens (tertiary/aromatic N) is 1. The second-order valence-electron chi connectivity index (χ2n) is 2.51. The quantitative estimate of drug-likeness (QED) is 0.522. The molecule has 1 atom stereocenters. The summed E-state index contributed by atoms with van der Waals surface area (Å²) in [5.74, 6) is -0.103. The highest BCUT2D eigenvalue weighted by Gasteiger charge is 2.12. The van der Waals surface area contributed by atoms with Crippen molar-refractivity contribution in [1.29, 1.82) is 0 Å². The molecule has 5 nitrogen and oxygen atoms in total. The van der Waals surface area contributed by atoms with Gasteiger partial charge in [0, 0.05) is 6.07 Å². The molecule has 0 saturated carbocycles. The highest BCUT2D eigenvalue weighted by atomic mass is 79.9. The van der Waals surface area contributed by atoms with Gasteiger partial charge in [0.2, 0.25) is 0 Å². The summed E-state index contributed by atoms with van der Waals surface area (Å²) in [6, 6.07) is 4.32. The minimum atomic E-state index is -1.98. The molecule has 1 aromatic carbocycles. The predicted octanol–water partition coefficient (Wildman–Crippen LogP) is 2.08. The fourth-order valence-corrected chi connectivity index (χ4v) is 1.79. The van der Waals surface area contributed by atoms with E-state index in [1.165, 1.54) is 12.1 Å². The molecule has 1 aromatic rings. The third kappa shape index (κ3) is 2.86. The summed E-state index contributed by atoms with van der Waals surface area (Å²) in [4.78, 5) is 9.95. The molecule has 76 valence electrons. The van der Waals surface area contributed by atoms with Crippen molar-refractivity contribution < 1.29 is 13.7 Å². The van der Waals surface area contributed by atoms with Crippen molar-refractivity contribution in [2.75, 3.05) is 0 Å². The number of rotatable bonds is 3. The van der Waals surface area contributed by atoms with Crippen LogP contribution in [0.5, 0.6) is 0 Å². The number of nitro benzene ring substituents is 1. The Morgan fingerprint density at radius 1 is 1.57 bits per heavy atom. The maximum absolute atomic E-state index is 10.5. The monoisotopic (exact) mass is 279 g/mol. The molecular formula is C7H6BrNO4S. The van der Waals surface area contributed by atoms with Gasteiger partial charge in [0.15, 0.2) is 11.1 Å². The van der Waals surface area contributed by atoms with Crippen LogP contribution in [0.3, 0.4) is 0 Å². The van der Waals surface area contributed by atoms with Crippen LogP contribution in [0.2, 0.25) is 0 Å². The molecule has 0 fully saturated rings. The molecular weight excluding hydrogens is 274 g/mol. The summed E-state index contributed by atoms with van der Waals surface area (Å²) in [5, 5.41) is 10.5. The van der Waals surface area contributed by atoms with E-state index in [1.54, 1.807) is 6.07 Å². The van der Waals surface area contributed by atoms with E-state index in [0.29, 0.717) is 10.0 Å². The average molecular weight is 280 g/mol. The van der Waals surface area contributed by atoms with Crippen LogP contribution < -0.4 is 0 Å². The van der Waals surface area contributed by atoms with E-state index in [4.69, 9.17) is 4.55 Å². The minimum absolute atomic E-state index is 0.103. The van der Waals surface area contributed by atoms with E-state index in [2.05, 4.69) is 15.9 Å². The fraction of sp³-hybridized carbons (Fsp3) is 0.143. The van der Waals surface area contributed by atoms with E-state index >= 15 is 0 Å². The SMILES string of the molecule is O=[N+]([O-])c1cc(CS(=O)O)ccc1Br. The van der Waals surface area contributed by atoms with Gasteiger partial charge in [-0.15, -0.1) is 0 Å². The van der Waals surface area contributed by atoms with Crippen LogP contribution in [0, 0.1) is 10.1 Å². The minimum Gasteiger partial charge on any atom is -0.306 e. The molecule has 0 saturated heterocycles. The van der Waals surface area contributed by atoms with Crippen LogP contribution in [0.25, 0.3) is 0 Å². The zero-order chi connectivity index (χ0) is 10.7. The van der Waals surface area contributed by atoms with E-state index in [0.717, 1.165) is 0 Å². The molecule has 0 spiro atoms. The maximum atomic E-state index is 10.5. The fourth-order valence-electron chi connectivity index (χ4n) is 0.931. The summed E-state index contributed by atoms with van der Waals surface area (Å²) in [6.45, 7) is 0. The molecule has 0 aliphatic carbocycles. The highest BCUT2D eigenvalue weighted by molar-refractivity contribution is 9.10. The van der Waals surface area contributed by atoms with Crippen molar-refractivity contribution >= 4 is 32.7 Å². The zero-order valence-corrected chi connectivity index (χ0v) is 9.25. The van der Waals surface area contributed by atoms with Gasteiger partial charge in [-0.3, -0.25) is 10.1 Å². The normalized spacial score (nSPS) is 12.4. The second-order valence-corrected chi connectivity index (χ2v) is 4.29. The lowest BCUT2D eigenvalue weighted by Gasteiger charge is -1.99. The lowest BCUT2D eigenvalue weighted by Crippen LogP contribution is -1.95. The lowest BCUT2D eigenvalue weighted by atomic mass is 10.2. The molecule has 0 radical (unpaired) electrons. The smallest absolute Gasteiger partial charge is 0.283 e. The predicted molar refractivity (Wildman–Crippen MR) is 55.3 cm³/mol.